The lowest BCUT2D eigenvalue weighted by molar-refractivity contribution is 0.131. The third kappa shape index (κ3) is 3.32. The minimum Gasteiger partial charge on any atom is -0.508 e. The van der Waals surface area contributed by atoms with Gasteiger partial charge in [0.25, 0.3) is 0 Å². The van der Waals surface area contributed by atoms with Crippen LogP contribution in [0.2, 0.25) is 0 Å². The van der Waals surface area contributed by atoms with Crippen LogP contribution in [-0.4, -0.2) is 29.5 Å². The number of nitrogens with one attached hydrogen (secondary N) is 1. The molecule has 1 aromatic rings. The molecule has 5 nitrogen and oxygen atoms in total. The number of hydrogen-bond acceptors (Lipinski definition) is 4. The molecular formula is C9H11NO4. The van der Waals surface area contributed by atoms with E-state index in [0.717, 1.165) is 0 Å². The Bertz CT molecular complexity index is 296. The topological polar surface area (TPSA) is 78.8 Å². The molecule has 1 aromatic carbocycles. The lowest BCUT2D eigenvalue weighted by atomic mass is 10.3. The first-order chi connectivity index (χ1) is 6.72. The molecule has 0 aliphatic carbocycles. The van der Waals surface area contributed by atoms with Gasteiger partial charge in [-0.15, -0.1) is 0 Å². The molecule has 0 aromatic heterocycles. The van der Waals surface area contributed by atoms with E-state index in [9.17, 15) is 4.79 Å². The minimum absolute atomic E-state index is 0.0378. The molecule has 14 heavy (non-hydrogen) atoms. The first kappa shape index (κ1) is 10.3. The van der Waals surface area contributed by atoms with Gasteiger partial charge < -0.3 is 14.9 Å². The zero-order valence-corrected chi connectivity index (χ0v) is 7.43. The van der Waals surface area contributed by atoms with Gasteiger partial charge in [0.1, 0.15) is 12.4 Å². The van der Waals surface area contributed by atoms with Gasteiger partial charge >= 0.3 is 6.09 Å². The summed E-state index contributed by atoms with van der Waals surface area (Å²) in [4.78, 5) is 10.9. The highest BCUT2D eigenvalue weighted by Gasteiger charge is 2.01. The molecule has 3 N–H and O–H groups in total. The molecule has 1 rings (SSSR count). The number of ether oxygens (including phenoxy) is 1. The normalized spacial score (nSPS) is 9.50. The zero-order valence-electron chi connectivity index (χ0n) is 7.43. The van der Waals surface area contributed by atoms with Crippen LogP contribution in [0.4, 0.5) is 10.5 Å². The van der Waals surface area contributed by atoms with Crippen molar-refractivity contribution in [1.29, 1.82) is 0 Å². The van der Waals surface area contributed by atoms with Gasteiger partial charge in [0.05, 0.1) is 6.61 Å². The van der Waals surface area contributed by atoms with Crippen molar-refractivity contribution in [3.8, 4) is 5.75 Å². The maximum absolute atomic E-state index is 10.9. The van der Waals surface area contributed by atoms with Crippen LogP contribution in [-0.2, 0) is 4.74 Å². The summed E-state index contributed by atoms with van der Waals surface area (Å²) in [5, 5.41) is 19.8. The molecule has 0 aliphatic rings. The highest BCUT2D eigenvalue weighted by Crippen LogP contribution is 2.13. The van der Waals surface area contributed by atoms with Gasteiger partial charge in [-0.3, -0.25) is 5.32 Å². The summed E-state index contributed by atoms with van der Waals surface area (Å²) in [6.45, 7) is -0.243. The number of anilines is 1. The van der Waals surface area contributed by atoms with Gasteiger partial charge in [0.15, 0.2) is 0 Å². The van der Waals surface area contributed by atoms with E-state index in [1.807, 2.05) is 0 Å². The Morgan fingerprint density at radius 2 is 2.00 bits per heavy atom. The van der Waals surface area contributed by atoms with Gasteiger partial charge in [0.2, 0.25) is 0 Å². The van der Waals surface area contributed by atoms with E-state index in [2.05, 4.69) is 10.1 Å². The number of phenolic OH excluding ortho intramolecular Hbond substituents is 1. The molecule has 0 unspecified atom stereocenters. The van der Waals surface area contributed by atoms with E-state index >= 15 is 0 Å². The summed E-state index contributed by atoms with van der Waals surface area (Å²) in [6.07, 6.45) is -0.635. The number of aromatic hydroxyl groups is 1. The second-order valence-corrected chi connectivity index (χ2v) is 2.53. The van der Waals surface area contributed by atoms with E-state index < -0.39 is 6.09 Å². The molecule has 0 saturated carbocycles. The van der Waals surface area contributed by atoms with Gasteiger partial charge in [-0.05, 0) is 24.3 Å². The smallest absolute Gasteiger partial charge is 0.411 e. The third-order valence-corrected chi connectivity index (χ3v) is 1.44. The summed E-state index contributed by atoms with van der Waals surface area (Å²) in [7, 11) is 0. The molecular weight excluding hydrogens is 186 g/mol. The van der Waals surface area contributed by atoms with Crippen LogP contribution in [0.1, 0.15) is 0 Å². The Balaban J connectivity index is 2.44. The molecule has 0 aliphatic heterocycles. The lowest BCUT2D eigenvalue weighted by Crippen LogP contribution is -2.15. The lowest BCUT2D eigenvalue weighted by Gasteiger charge is -2.05. The number of hydrogen-bond donors (Lipinski definition) is 3. The summed E-state index contributed by atoms with van der Waals surface area (Å²) >= 11 is 0. The molecule has 0 bridgehead atoms. The standard InChI is InChI=1S/C9H11NO4/c11-5-6-14-9(13)10-7-1-3-8(12)4-2-7/h1-4,11-12H,5-6H2,(H,10,13). The fraction of sp³-hybridized carbons (Fsp3) is 0.222. The van der Waals surface area contributed by atoms with Crippen molar-refractivity contribution in [1.82, 2.24) is 0 Å². The maximum Gasteiger partial charge on any atom is 0.411 e. The minimum atomic E-state index is -0.635. The van der Waals surface area contributed by atoms with E-state index in [1.54, 1.807) is 0 Å². The van der Waals surface area contributed by atoms with Crippen LogP contribution >= 0.6 is 0 Å². The number of carbonyl (C=O) groups is 1. The molecule has 0 radical (unpaired) electrons. The van der Waals surface area contributed by atoms with Crippen molar-refractivity contribution < 1.29 is 19.7 Å². The van der Waals surface area contributed by atoms with Crippen molar-refractivity contribution in [2.24, 2.45) is 0 Å². The number of benzene rings is 1. The van der Waals surface area contributed by atoms with Crippen molar-refractivity contribution in [3.05, 3.63) is 24.3 Å². The molecule has 0 saturated heterocycles. The number of phenols is 1. The Kier molecular flexibility index (Phi) is 3.75. The van der Waals surface area contributed by atoms with Crippen molar-refractivity contribution in [2.75, 3.05) is 18.5 Å². The predicted octanol–water partition coefficient (Wildman–Crippen LogP) is 0.933. The van der Waals surface area contributed by atoms with Gasteiger partial charge in [0, 0.05) is 5.69 Å². The van der Waals surface area contributed by atoms with Crippen LogP contribution in [0.25, 0.3) is 0 Å². The SMILES string of the molecule is O=C(Nc1ccc(O)cc1)OCCO. The second kappa shape index (κ2) is 5.08. The first-order valence-electron chi connectivity index (χ1n) is 4.06. The largest absolute Gasteiger partial charge is 0.508 e. The number of aliphatic hydroxyl groups is 1. The van der Waals surface area contributed by atoms with Crippen molar-refractivity contribution in [2.45, 2.75) is 0 Å². The predicted molar refractivity (Wildman–Crippen MR) is 50.2 cm³/mol. The fourth-order valence-corrected chi connectivity index (χ4v) is 0.837. The number of amides is 1. The molecule has 1 amide bonds. The monoisotopic (exact) mass is 197 g/mol. The Hall–Kier alpha value is -1.75. The van der Waals surface area contributed by atoms with Gasteiger partial charge in [-0.2, -0.15) is 0 Å². The third-order valence-electron chi connectivity index (χ3n) is 1.44. The number of rotatable bonds is 3. The van der Waals surface area contributed by atoms with E-state index in [1.165, 1.54) is 24.3 Å². The Labute approximate surface area is 80.9 Å². The van der Waals surface area contributed by atoms with Crippen LogP contribution in [0.5, 0.6) is 5.75 Å². The Morgan fingerprint density at radius 1 is 1.36 bits per heavy atom. The van der Waals surface area contributed by atoms with Gasteiger partial charge in [-0.25, -0.2) is 4.79 Å². The van der Waals surface area contributed by atoms with Crippen LogP contribution < -0.4 is 5.32 Å². The average molecular weight is 197 g/mol. The first-order valence-corrected chi connectivity index (χ1v) is 4.06. The molecule has 0 heterocycles. The summed E-state index contributed by atoms with van der Waals surface area (Å²) in [5.74, 6) is 0.124. The van der Waals surface area contributed by atoms with Crippen LogP contribution in [0.3, 0.4) is 0 Å². The van der Waals surface area contributed by atoms with Crippen molar-refractivity contribution >= 4 is 11.8 Å². The second-order valence-electron chi connectivity index (χ2n) is 2.53. The number of aliphatic hydroxyl groups excluding tert-OH is 1. The maximum atomic E-state index is 10.9. The van der Waals surface area contributed by atoms with Gasteiger partial charge in [-0.1, -0.05) is 0 Å². The van der Waals surface area contributed by atoms with E-state index in [-0.39, 0.29) is 19.0 Å². The molecule has 5 heteroatoms. The van der Waals surface area contributed by atoms with Crippen molar-refractivity contribution in [3.63, 3.8) is 0 Å². The highest BCUT2D eigenvalue weighted by molar-refractivity contribution is 5.84. The molecule has 0 atom stereocenters. The number of carbonyl (C=O) groups excluding carboxylic acids is 1. The summed E-state index contributed by atoms with van der Waals surface area (Å²) < 4.78 is 4.56. The summed E-state index contributed by atoms with van der Waals surface area (Å²) in [6, 6.07) is 5.97. The molecule has 0 fully saturated rings. The Morgan fingerprint density at radius 3 is 2.57 bits per heavy atom. The van der Waals surface area contributed by atoms with Crippen LogP contribution in [0, 0.1) is 0 Å². The highest BCUT2D eigenvalue weighted by atomic mass is 16.6. The summed E-state index contributed by atoms with van der Waals surface area (Å²) in [5.41, 5.74) is 0.519. The zero-order chi connectivity index (χ0) is 10.4. The molecule has 0 spiro atoms. The van der Waals surface area contributed by atoms with E-state index in [4.69, 9.17) is 10.2 Å². The van der Waals surface area contributed by atoms with Crippen LogP contribution in [0.15, 0.2) is 24.3 Å². The quantitative estimate of drug-likeness (QED) is 0.630. The average Bonchev–Trinajstić information content (AvgIpc) is 2.18. The fourth-order valence-electron chi connectivity index (χ4n) is 0.837. The molecule has 76 valence electrons. The van der Waals surface area contributed by atoms with E-state index in [0.29, 0.717) is 5.69 Å².